The van der Waals surface area contributed by atoms with Crippen molar-refractivity contribution >= 4 is 11.7 Å². The summed E-state index contributed by atoms with van der Waals surface area (Å²) in [7, 11) is 1.54. The van der Waals surface area contributed by atoms with Crippen molar-refractivity contribution in [1.29, 1.82) is 0 Å². The summed E-state index contributed by atoms with van der Waals surface area (Å²) in [6, 6.07) is 1.08. The van der Waals surface area contributed by atoms with Gasteiger partial charge >= 0.3 is 0 Å². The number of rotatable bonds is 5. The molecule has 0 saturated carbocycles. The molecule has 5 nitrogen and oxygen atoms in total. The summed E-state index contributed by atoms with van der Waals surface area (Å²) >= 11 is 0. The maximum absolute atomic E-state index is 14.3. The zero-order chi connectivity index (χ0) is 15.3. The Balaban J connectivity index is 2.82. The summed E-state index contributed by atoms with van der Waals surface area (Å²) in [5, 5.41) is 8.49. The van der Waals surface area contributed by atoms with Crippen molar-refractivity contribution in [3.05, 3.63) is 23.6 Å². The normalized spacial score (nSPS) is 12.9. The summed E-state index contributed by atoms with van der Waals surface area (Å²) in [5.74, 6) is -0.557. The van der Waals surface area contributed by atoms with Crippen LogP contribution in [0.1, 0.15) is 33.3 Å². The molecule has 3 N–H and O–H groups in total. The van der Waals surface area contributed by atoms with E-state index in [2.05, 4.69) is 20.9 Å². The summed E-state index contributed by atoms with van der Waals surface area (Å²) in [5.41, 5.74) is 0.417. The number of nitrogens with zero attached hydrogens (tertiary/aromatic N) is 1. The first-order chi connectivity index (χ1) is 9.24. The number of amides is 1. The summed E-state index contributed by atoms with van der Waals surface area (Å²) in [6.07, 6.45) is 1.53. The number of hydrogen-bond donors (Lipinski definition) is 3. The van der Waals surface area contributed by atoms with Gasteiger partial charge < -0.3 is 16.0 Å². The SMILES string of the molecule is CNC(=O)C(C)Nc1nccc(CNC(C)(C)C)c1F. The average Bonchev–Trinajstić information content (AvgIpc) is 2.37. The predicted molar refractivity (Wildman–Crippen MR) is 77.9 cm³/mol. The third kappa shape index (κ3) is 4.77. The molecule has 1 amide bonds. The maximum Gasteiger partial charge on any atom is 0.241 e. The maximum atomic E-state index is 14.3. The smallest absolute Gasteiger partial charge is 0.241 e. The van der Waals surface area contributed by atoms with Crippen LogP contribution in [0.4, 0.5) is 10.2 Å². The molecule has 0 aliphatic rings. The Morgan fingerprint density at radius 3 is 2.65 bits per heavy atom. The van der Waals surface area contributed by atoms with Gasteiger partial charge in [0.15, 0.2) is 11.6 Å². The molecule has 1 rings (SSSR count). The van der Waals surface area contributed by atoms with E-state index in [1.54, 1.807) is 13.0 Å². The largest absolute Gasteiger partial charge is 0.357 e. The van der Waals surface area contributed by atoms with Crippen LogP contribution in [0, 0.1) is 5.82 Å². The lowest BCUT2D eigenvalue weighted by molar-refractivity contribution is -0.121. The first-order valence-electron chi connectivity index (χ1n) is 6.61. The van der Waals surface area contributed by atoms with E-state index in [1.807, 2.05) is 20.8 Å². The number of anilines is 1. The summed E-state index contributed by atoms with van der Waals surface area (Å²) < 4.78 is 14.3. The summed E-state index contributed by atoms with van der Waals surface area (Å²) in [6.45, 7) is 8.09. The Labute approximate surface area is 119 Å². The minimum Gasteiger partial charge on any atom is -0.357 e. The van der Waals surface area contributed by atoms with Crippen LogP contribution >= 0.6 is 0 Å². The fourth-order valence-corrected chi connectivity index (χ4v) is 1.57. The van der Waals surface area contributed by atoms with E-state index in [0.29, 0.717) is 12.1 Å². The van der Waals surface area contributed by atoms with Crippen LogP contribution in [0.5, 0.6) is 0 Å². The Bertz CT molecular complexity index is 471. The predicted octanol–water partition coefficient (Wildman–Crippen LogP) is 1.66. The highest BCUT2D eigenvalue weighted by atomic mass is 19.1. The van der Waals surface area contributed by atoms with Crippen LogP contribution in [0.15, 0.2) is 12.3 Å². The quantitative estimate of drug-likeness (QED) is 0.768. The van der Waals surface area contributed by atoms with Crippen LogP contribution in [-0.2, 0) is 11.3 Å². The average molecular weight is 282 g/mol. The van der Waals surface area contributed by atoms with Crippen molar-refractivity contribution < 1.29 is 9.18 Å². The van der Waals surface area contributed by atoms with Crippen molar-refractivity contribution in [3.63, 3.8) is 0 Å². The zero-order valence-electron chi connectivity index (χ0n) is 12.7. The lowest BCUT2D eigenvalue weighted by atomic mass is 10.1. The highest BCUT2D eigenvalue weighted by Crippen LogP contribution is 2.16. The van der Waals surface area contributed by atoms with Crippen molar-refractivity contribution in [2.24, 2.45) is 0 Å². The fourth-order valence-electron chi connectivity index (χ4n) is 1.57. The topological polar surface area (TPSA) is 66.0 Å². The van der Waals surface area contributed by atoms with Gasteiger partial charge in [0.05, 0.1) is 0 Å². The van der Waals surface area contributed by atoms with E-state index in [9.17, 15) is 9.18 Å². The van der Waals surface area contributed by atoms with Gasteiger partial charge in [-0.1, -0.05) is 0 Å². The third-order valence-electron chi connectivity index (χ3n) is 2.77. The molecule has 1 unspecified atom stereocenters. The van der Waals surface area contributed by atoms with Crippen LogP contribution in [0.3, 0.4) is 0 Å². The monoisotopic (exact) mass is 282 g/mol. The lowest BCUT2D eigenvalue weighted by Gasteiger charge is -2.21. The molecule has 0 saturated heterocycles. The Kier molecular flexibility index (Phi) is 5.44. The number of pyridine rings is 1. The van der Waals surface area contributed by atoms with Crippen molar-refractivity contribution in [2.45, 2.75) is 45.8 Å². The fraction of sp³-hybridized carbons (Fsp3) is 0.571. The van der Waals surface area contributed by atoms with Crippen LogP contribution in [-0.4, -0.2) is 29.5 Å². The molecular weight excluding hydrogens is 259 g/mol. The highest BCUT2D eigenvalue weighted by molar-refractivity contribution is 5.83. The van der Waals surface area contributed by atoms with Gasteiger partial charge in [0.1, 0.15) is 6.04 Å². The molecule has 0 spiro atoms. The number of aromatic nitrogens is 1. The molecule has 1 atom stereocenters. The number of carbonyl (C=O) groups excluding carboxylic acids is 1. The minimum atomic E-state index is -0.548. The molecule has 0 radical (unpaired) electrons. The second-order valence-corrected chi connectivity index (χ2v) is 5.72. The van der Waals surface area contributed by atoms with E-state index < -0.39 is 11.9 Å². The van der Waals surface area contributed by atoms with E-state index >= 15 is 0 Å². The second-order valence-electron chi connectivity index (χ2n) is 5.72. The molecule has 0 fully saturated rings. The molecule has 1 heterocycles. The van der Waals surface area contributed by atoms with E-state index in [4.69, 9.17) is 0 Å². The van der Waals surface area contributed by atoms with Crippen molar-refractivity contribution in [2.75, 3.05) is 12.4 Å². The molecule has 112 valence electrons. The number of likely N-dealkylation sites (N-methyl/N-ethyl adjacent to an activating group) is 1. The van der Waals surface area contributed by atoms with Crippen LogP contribution < -0.4 is 16.0 Å². The Morgan fingerprint density at radius 1 is 1.45 bits per heavy atom. The van der Waals surface area contributed by atoms with Crippen LogP contribution in [0.25, 0.3) is 0 Å². The molecule has 6 heteroatoms. The van der Waals surface area contributed by atoms with E-state index in [-0.39, 0.29) is 17.3 Å². The Morgan fingerprint density at radius 2 is 2.10 bits per heavy atom. The standard InChI is InChI=1S/C14H23FN4O/c1-9(13(20)16-5)19-12-11(15)10(6-7-17-12)8-18-14(2,3)4/h6-7,9,18H,8H2,1-5H3,(H,16,20)(H,17,19). The molecule has 0 aliphatic heterocycles. The van der Waals surface area contributed by atoms with E-state index in [1.165, 1.54) is 13.2 Å². The van der Waals surface area contributed by atoms with Gasteiger partial charge in [-0.3, -0.25) is 4.79 Å². The number of hydrogen-bond acceptors (Lipinski definition) is 4. The van der Waals surface area contributed by atoms with Crippen molar-refractivity contribution in [3.8, 4) is 0 Å². The number of carbonyl (C=O) groups is 1. The van der Waals surface area contributed by atoms with Crippen LogP contribution in [0.2, 0.25) is 0 Å². The molecule has 20 heavy (non-hydrogen) atoms. The second kappa shape index (κ2) is 6.65. The van der Waals surface area contributed by atoms with Gasteiger partial charge in [-0.2, -0.15) is 0 Å². The third-order valence-corrected chi connectivity index (χ3v) is 2.77. The number of halogens is 1. The molecule has 1 aromatic rings. The molecule has 0 aromatic carbocycles. The minimum absolute atomic E-state index is 0.0920. The zero-order valence-corrected chi connectivity index (χ0v) is 12.7. The molecule has 0 bridgehead atoms. The lowest BCUT2D eigenvalue weighted by Crippen LogP contribution is -2.36. The van der Waals surface area contributed by atoms with Crippen molar-refractivity contribution in [1.82, 2.24) is 15.6 Å². The summed E-state index contributed by atoms with van der Waals surface area (Å²) in [4.78, 5) is 15.4. The Hall–Kier alpha value is -1.69. The van der Waals surface area contributed by atoms with Gasteiger partial charge in [0.2, 0.25) is 5.91 Å². The first-order valence-corrected chi connectivity index (χ1v) is 6.61. The van der Waals surface area contributed by atoms with Gasteiger partial charge in [-0.25, -0.2) is 9.37 Å². The van der Waals surface area contributed by atoms with Gasteiger partial charge in [0, 0.05) is 30.9 Å². The highest BCUT2D eigenvalue weighted by Gasteiger charge is 2.17. The van der Waals surface area contributed by atoms with Gasteiger partial charge in [-0.05, 0) is 33.8 Å². The van der Waals surface area contributed by atoms with E-state index in [0.717, 1.165) is 0 Å². The van der Waals surface area contributed by atoms with Gasteiger partial charge in [0.25, 0.3) is 0 Å². The number of nitrogens with one attached hydrogen (secondary N) is 3. The van der Waals surface area contributed by atoms with Gasteiger partial charge in [-0.15, -0.1) is 0 Å². The molecular formula is C14H23FN4O. The first kappa shape index (κ1) is 16.4. The molecule has 1 aromatic heterocycles. The molecule has 0 aliphatic carbocycles.